The molecule has 0 unspecified atom stereocenters. The molecule has 0 saturated carbocycles. The first kappa shape index (κ1) is 16.7. The minimum atomic E-state index is 0.0106. The molecule has 0 aliphatic heterocycles. The van der Waals surface area contributed by atoms with Crippen LogP contribution in [0.1, 0.15) is 30.5 Å². The monoisotopic (exact) mass is 301 g/mol. The van der Waals surface area contributed by atoms with Crippen LogP contribution in [0.25, 0.3) is 0 Å². The van der Waals surface area contributed by atoms with Gasteiger partial charge in [0.15, 0.2) is 0 Å². The third kappa shape index (κ3) is 5.55. The topological polar surface area (TPSA) is 12.4 Å². The number of hydrogen-bond donors (Lipinski definition) is 0. The van der Waals surface area contributed by atoms with Gasteiger partial charge in [0, 0.05) is 6.21 Å². The Morgan fingerprint density at radius 2 is 1.48 bits per heavy atom. The summed E-state index contributed by atoms with van der Waals surface area (Å²) in [7, 11) is 0. The molecule has 0 atom stereocenters. The molecule has 116 valence electrons. The number of nitrogens with zero attached hydrogens (tertiary/aromatic N) is 1. The van der Waals surface area contributed by atoms with E-state index in [9.17, 15) is 0 Å². The fourth-order valence-electron chi connectivity index (χ4n) is 2.40. The molecule has 0 amide bonds. The van der Waals surface area contributed by atoms with Crippen molar-refractivity contribution < 1.29 is 0 Å². The summed E-state index contributed by atoms with van der Waals surface area (Å²) in [6, 6.07) is 20.7. The van der Waals surface area contributed by atoms with Crippen LogP contribution >= 0.6 is 0 Å². The van der Waals surface area contributed by atoms with Gasteiger partial charge < -0.3 is 0 Å². The summed E-state index contributed by atoms with van der Waals surface area (Å²) in [5.41, 5.74) is 4.52. The first-order valence-corrected chi connectivity index (χ1v) is 7.78. The summed E-state index contributed by atoms with van der Waals surface area (Å²) in [5, 5.41) is 0. The maximum absolute atomic E-state index is 4.74. The van der Waals surface area contributed by atoms with Gasteiger partial charge in [0.05, 0.1) is 6.04 Å². The van der Waals surface area contributed by atoms with E-state index in [1.54, 1.807) is 0 Å². The Kier molecular flexibility index (Phi) is 6.31. The Hall–Kier alpha value is -2.67. The fraction of sp³-hybridized carbons (Fsp3) is 0.136. The molecule has 2 aromatic carbocycles. The highest BCUT2D eigenvalue weighted by Gasteiger charge is 2.10. The van der Waals surface area contributed by atoms with Gasteiger partial charge in [-0.15, -0.1) is 0 Å². The predicted molar refractivity (Wildman–Crippen MR) is 101 cm³/mol. The van der Waals surface area contributed by atoms with E-state index in [-0.39, 0.29) is 6.04 Å². The molecule has 0 saturated heterocycles. The molecule has 23 heavy (non-hydrogen) atoms. The Bertz CT molecular complexity index is 654. The van der Waals surface area contributed by atoms with Gasteiger partial charge >= 0.3 is 0 Å². The van der Waals surface area contributed by atoms with Crippen LogP contribution in [0.3, 0.4) is 0 Å². The molecule has 2 rings (SSSR count). The highest BCUT2D eigenvalue weighted by atomic mass is 14.8. The van der Waals surface area contributed by atoms with E-state index in [1.807, 2.05) is 61.7 Å². The van der Waals surface area contributed by atoms with Crippen LogP contribution < -0.4 is 0 Å². The van der Waals surface area contributed by atoms with Crippen molar-refractivity contribution in [1.82, 2.24) is 0 Å². The van der Waals surface area contributed by atoms with Gasteiger partial charge in [0.1, 0.15) is 0 Å². The molecule has 0 radical (unpaired) electrons. The minimum Gasteiger partial charge on any atom is -0.280 e. The lowest BCUT2D eigenvalue weighted by Crippen LogP contribution is -1.97. The lowest BCUT2D eigenvalue weighted by atomic mass is 9.99. The van der Waals surface area contributed by atoms with Crippen molar-refractivity contribution in [2.45, 2.75) is 19.4 Å². The molecule has 2 aromatic rings. The van der Waals surface area contributed by atoms with Gasteiger partial charge in [0.2, 0.25) is 0 Å². The van der Waals surface area contributed by atoms with E-state index in [4.69, 9.17) is 4.99 Å². The van der Waals surface area contributed by atoms with E-state index in [2.05, 4.69) is 37.4 Å². The van der Waals surface area contributed by atoms with Crippen LogP contribution in [0.2, 0.25) is 0 Å². The predicted octanol–water partition coefficient (Wildman–Crippen LogP) is 5.93. The van der Waals surface area contributed by atoms with Crippen LogP contribution in [0.15, 0.2) is 102 Å². The van der Waals surface area contributed by atoms with Crippen molar-refractivity contribution in [3.8, 4) is 0 Å². The lowest BCUT2D eigenvalue weighted by Gasteiger charge is -2.13. The van der Waals surface area contributed by atoms with Gasteiger partial charge in [-0.3, -0.25) is 4.99 Å². The van der Waals surface area contributed by atoms with Crippen molar-refractivity contribution in [3.05, 3.63) is 108 Å². The molecule has 0 aliphatic rings. The molecule has 0 fully saturated rings. The third-order valence-electron chi connectivity index (χ3n) is 3.41. The molecule has 0 N–H and O–H groups in total. The third-order valence-corrected chi connectivity index (χ3v) is 3.41. The largest absolute Gasteiger partial charge is 0.280 e. The van der Waals surface area contributed by atoms with Crippen LogP contribution in [0, 0.1) is 0 Å². The summed E-state index contributed by atoms with van der Waals surface area (Å²) in [4.78, 5) is 4.74. The molecule has 0 bridgehead atoms. The second kappa shape index (κ2) is 8.70. The van der Waals surface area contributed by atoms with Crippen LogP contribution in [0.4, 0.5) is 0 Å². The smallest absolute Gasteiger partial charge is 0.0999 e. The number of aliphatic imine (C=N–C) groups is 1. The summed E-state index contributed by atoms with van der Waals surface area (Å²) >= 11 is 0. The maximum Gasteiger partial charge on any atom is 0.0999 e. The Balaban J connectivity index is 2.16. The van der Waals surface area contributed by atoms with Crippen molar-refractivity contribution in [2.75, 3.05) is 0 Å². The zero-order valence-corrected chi connectivity index (χ0v) is 13.7. The zero-order chi connectivity index (χ0) is 16.5. The van der Waals surface area contributed by atoms with Crippen molar-refractivity contribution in [1.29, 1.82) is 0 Å². The SMILES string of the molecule is C=C(C)CC(=C)/C=C\C=N\C(c1ccccc1)c1ccccc1. The minimum absolute atomic E-state index is 0.0106. The van der Waals surface area contributed by atoms with E-state index in [1.165, 1.54) is 11.1 Å². The van der Waals surface area contributed by atoms with Crippen molar-refractivity contribution >= 4 is 6.21 Å². The standard InChI is InChI=1S/C22H23N/c1-18(2)17-19(3)11-10-16-23-22(20-12-6-4-7-13-20)21-14-8-5-9-15-21/h4-16,22H,1,3,17H2,2H3/b11-10-,23-16+. The van der Waals surface area contributed by atoms with E-state index in [0.29, 0.717) is 0 Å². The van der Waals surface area contributed by atoms with Crippen LogP contribution in [-0.2, 0) is 0 Å². The quantitative estimate of drug-likeness (QED) is 0.342. The first-order valence-electron chi connectivity index (χ1n) is 7.78. The Morgan fingerprint density at radius 1 is 0.957 bits per heavy atom. The molecule has 1 heteroatoms. The Labute approximate surface area is 139 Å². The van der Waals surface area contributed by atoms with Crippen molar-refractivity contribution in [3.63, 3.8) is 0 Å². The van der Waals surface area contributed by atoms with Gasteiger partial charge in [-0.25, -0.2) is 0 Å². The van der Waals surface area contributed by atoms with Crippen LogP contribution in [-0.4, -0.2) is 6.21 Å². The van der Waals surface area contributed by atoms with Gasteiger partial charge in [-0.2, -0.15) is 0 Å². The summed E-state index contributed by atoms with van der Waals surface area (Å²) in [6.45, 7) is 9.93. The average Bonchev–Trinajstić information content (AvgIpc) is 2.56. The van der Waals surface area contributed by atoms with E-state index in [0.717, 1.165) is 17.6 Å². The highest BCUT2D eigenvalue weighted by Crippen LogP contribution is 2.25. The number of allylic oxidation sites excluding steroid dienone is 4. The number of benzene rings is 2. The second-order valence-corrected chi connectivity index (χ2v) is 5.67. The summed E-state index contributed by atoms with van der Waals surface area (Å²) < 4.78 is 0. The Morgan fingerprint density at radius 3 is 1.96 bits per heavy atom. The molecule has 1 nitrogen and oxygen atoms in total. The van der Waals surface area contributed by atoms with Gasteiger partial charge in [-0.05, 0) is 30.5 Å². The normalized spacial score (nSPS) is 11.4. The zero-order valence-electron chi connectivity index (χ0n) is 13.7. The van der Waals surface area contributed by atoms with E-state index >= 15 is 0 Å². The van der Waals surface area contributed by atoms with Gasteiger partial charge in [-0.1, -0.05) is 91.0 Å². The maximum atomic E-state index is 4.74. The summed E-state index contributed by atoms with van der Waals surface area (Å²) in [5.74, 6) is 0. The second-order valence-electron chi connectivity index (χ2n) is 5.67. The first-order chi connectivity index (χ1) is 11.2. The molecule has 0 spiro atoms. The number of rotatable bonds is 7. The fourth-order valence-corrected chi connectivity index (χ4v) is 2.40. The van der Waals surface area contributed by atoms with Gasteiger partial charge in [0.25, 0.3) is 0 Å². The lowest BCUT2D eigenvalue weighted by molar-refractivity contribution is 0.879. The highest BCUT2D eigenvalue weighted by molar-refractivity contribution is 5.72. The number of hydrogen-bond acceptors (Lipinski definition) is 1. The summed E-state index contributed by atoms with van der Waals surface area (Å²) in [6.07, 6.45) is 6.62. The molecular weight excluding hydrogens is 278 g/mol. The van der Waals surface area contributed by atoms with Crippen LogP contribution in [0.5, 0.6) is 0 Å². The van der Waals surface area contributed by atoms with E-state index < -0.39 is 0 Å². The molecule has 0 aromatic heterocycles. The molecule has 0 heterocycles. The molecular formula is C22H23N. The van der Waals surface area contributed by atoms with Crippen molar-refractivity contribution in [2.24, 2.45) is 4.99 Å². The average molecular weight is 301 g/mol. The molecule has 0 aliphatic carbocycles.